The van der Waals surface area contributed by atoms with Crippen molar-refractivity contribution >= 4 is 0 Å². The lowest BCUT2D eigenvalue weighted by atomic mass is 9.68. The van der Waals surface area contributed by atoms with E-state index < -0.39 is 0 Å². The Morgan fingerprint density at radius 3 is 2.67 bits per heavy atom. The second-order valence-corrected chi connectivity index (χ2v) is 3.29. The van der Waals surface area contributed by atoms with Crippen LogP contribution in [0.3, 0.4) is 0 Å². The standard InChI is InChI=1S/C7H13NO/c1-9-7-2-6(3-7)4-8-5-7/h6,8H,2-5H2,1H3. The van der Waals surface area contributed by atoms with Gasteiger partial charge in [-0.3, -0.25) is 0 Å². The molecule has 0 aromatic rings. The first kappa shape index (κ1) is 5.69. The first-order chi connectivity index (χ1) is 4.35. The third-order valence-electron chi connectivity index (χ3n) is 2.63. The zero-order valence-corrected chi connectivity index (χ0v) is 5.81. The summed E-state index contributed by atoms with van der Waals surface area (Å²) in [5.74, 6) is 0.915. The Labute approximate surface area is 55.6 Å². The van der Waals surface area contributed by atoms with E-state index in [2.05, 4.69) is 5.32 Å². The fraction of sp³-hybridized carbons (Fsp3) is 1.00. The van der Waals surface area contributed by atoms with Crippen molar-refractivity contribution in [3.8, 4) is 0 Å². The van der Waals surface area contributed by atoms with E-state index in [1.54, 1.807) is 0 Å². The normalized spacial score (nSPS) is 48.3. The highest BCUT2D eigenvalue weighted by molar-refractivity contribution is 5.01. The SMILES string of the molecule is COC12CNCC(C1)C2. The molecule has 0 unspecified atom stereocenters. The molecule has 0 radical (unpaired) electrons. The molecule has 2 bridgehead atoms. The van der Waals surface area contributed by atoms with Crippen molar-refractivity contribution in [2.24, 2.45) is 5.92 Å². The second-order valence-electron chi connectivity index (χ2n) is 3.29. The molecule has 52 valence electrons. The summed E-state index contributed by atoms with van der Waals surface area (Å²) in [6.07, 6.45) is 2.58. The number of rotatable bonds is 1. The fourth-order valence-electron chi connectivity index (χ4n) is 2.02. The van der Waals surface area contributed by atoms with Crippen molar-refractivity contribution in [2.75, 3.05) is 20.2 Å². The number of fused-ring (bicyclic) bond motifs is 2. The molecule has 9 heavy (non-hydrogen) atoms. The third-order valence-corrected chi connectivity index (χ3v) is 2.63. The van der Waals surface area contributed by atoms with Crippen LogP contribution in [0.15, 0.2) is 0 Å². The molecular weight excluding hydrogens is 114 g/mol. The highest BCUT2D eigenvalue weighted by Gasteiger charge is 2.47. The van der Waals surface area contributed by atoms with Gasteiger partial charge in [0.25, 0.3) is 0 Å². The Bertz CT molecular complexity index is 113. The average molecular weight is 127 g/mol. The van der Waals surface area contributed by atoms with Crippen LogP contribution in [-0.4, -0.2) is 25.8 Å². The monoisotopic (exact) mass is 127 g/mol. The van der Waals surface area contributed by atoms with Crippen LogP contribution in [-0.2, 0) is 4.74 Å². The van der Waals surface area contributed by atoms with Gasteiger partial charge in [-0.15, -0.1) is 0 Å². The van der Waals surface area contributed by atoms with E-state index in [1.165, 1.54) is 19.4 Å². The van der Waals surface area contributed by atoms with Crippen molar-refractivity contribution in [1.82, 2.24) is 5.32 Å². The summed E-state index contributed by atoms with van der Waals surface area (Å²) in [6, 6.07) is 0. The topological polar surface area (TPSA) is 21.3 Å². The predicted octanol–water partition coefficient (Wildman–Crippen LogP) is 0.385. The lowest BCUT2D eigenvalue weighted by Crippen LogP contribution is -2.60. The molecule has 3 rings (SSSR count). The Morgan fingerprint density at radius 2 is 2.33 bits per heavy atom. The molecule has 0 atom stereocenters. The third kappa shape index (κ3) is 0.700. The van der Waals surface area contributed by atoms with Gasteiger partial charge in [-0.2, -0.15) is 0 Å². The molecule has 2 heterocycles. The van der Waals surface area contributed by atoms with Crippen molar-refractivity contribution in [3.05, 3.63) is 0 Å². The van der Waals surface area contributed by atoms with Gasteiger partial charge in [0.2, 0.25) is 0 Å². The van der Waals surface area contributed by atoms with Gasteiger partial charge in [-0.25, -0.2) is 0 Å². The molecule has 1 N–H and O–H groups in total. The number of ether oxygens (including phenoxy) is 1. The first-order valence-corrected chi connectivity index (χ1v) is 3.60. The van der Waals surface area contributed by atoms with E-state index in [0.29, 0.717) is 0 Å². The van der Waals surface area contributed by atoms with Crippen LogP contribution in [0.2, 0.25) is 0 Å². The van der Waals surface area contributed by atoms with E-state index in [4.69, 9.17) is 4.74 Å². The molecule has 1 aliphatic carbocycles. The number of piperidine rings is 2. The fourth-order valence-corrected chi connectivity index (χ4v) is 2.02. The van der Waals surface area contributed by atoms with E-state index in [9.17, 15) is 0 Å². The van der Waals surface area contributed by atoms with Crippen LogP contribution in [0.1, 0.15) is 12.8 Å². The molecule has 3 aliphatic rings. The van der Waals surface area contributed by atoms with Gasteiger partial charge in [0, 0.05) is 13.7 Å². The quantitative estimate of drug-likeness (QED) is 0.550. The molecule has 0 amide bonds. The van der Waals surface area contributed by atoms with Crippen LogP contribution in [0.4, 0.5) is 0 Å². The number of hydrogen-bond acceptors (Lipinski definition) is 2. The van der Waals surface area contributed by atoms with Crippen LogP contribution < -0.4 is 5.32 Å². The van der Waals surface area contributed by atoms with Gasteiger partial charge < -0.3 is 10.1 Å². The minimum atomic E-state index is 0.253. The highest BCUT2D eigenvalue weighted by atomic mass is 16.5. The lowest BCUT2D eigenvalue weighted by Gasteiger charge is -2.51. The molecule has 2 saturated heterocycles. The zero-order chi connectivity index (χ0) is 6.32. The predicted molar refractivity (Wildman–Crippen MR) is 35.3 cm³/mol. The average Bonchev–Trinajstić information content (AvgIpc) is 1.88. The van der Waals surface area contributed by atoms with Crippen LogP contribution in [0, 0.1) is 5.92 Å². The molecule has 0 aromatic heterocycles. The van der Waals surface area contributed by atoms with E-state index in [-0.39, 0.29) is 5.60 Å². The van der Waals surface area contributed by atoms with Crippen LogP contribution in [0.5, 0.6) is 0 Å². The number of hydrogen-bond donors (Lipinski definition) is 1. The smallest absolute Gasteiger partial charge is 0.0808 e. The first-order valence-electron chi connectivity index (χ1n) is 3.60. The van der Waals surface area contributed by atoms with Gasteiger partial charge in [0.05, 0.1) is 5.60 Å². The van der Waals surface area contributed by atoms with Gasteiger partial charge in [-0.1, -0.05) is 0 Å². The van der Waals surface area contributed by atoms with Crippen molar-refractivity contribution < 1.29 is 4.74 Å². The van der Waals surface area contributed by atoms with Crippen molar-refractivity contribution in [2.45, 2.75) is 18.4 Å². The number of methoxy groups -OCH3 is 1. The summed E-state index contributed by atoms with van der Waals surface area (Å²) in [6.45, 7) is 2.28. The van der Waals surface area contributed by atoms with Crippen molar-refractivity contribution in [1.29, 1.82) is 0 Å². The molecule has 2 aliphatic heterocycles. The van der Waals surface area contributed by atoms with Gasteiger partial charge in [0.1, 0.15) is 0 Å². The largest absolute Gasteiger partial charge is 0.377 e. The minimum Gasteiger partial charge on any atom is -0.377 e. The molecule has 2 nitrogen and oxygen atoms in total. The maximum Gasteiger partial charge on any atom is 0.0808 e. The maximum atomic E-state index is 5.38. The van der Waals surface area contributed by atoms with Crippen LogP contribution in [0.25, 0.3) is 0 Å². The minimum absolute atomic E-state index is 0.253. The molecule has 3 fully saturated rings. The van der Waals surface area contributed by atoms with Crippen molar-refractivity contribution in [3.63, 3.8) is 0 Å². The Hall–Kier alpha value is -0.0800. The van der Waals surface area contributed by atoms with E-state index >= 15 is 0 Å². The Kier molecular flexibility index (Phi) is 1.08. The lowest BCUT2D eigenvalue weighted by molar-refractivity contribution is -0.123. The highest BCUT2D eigenvalue weighted by Crippen LogP contribution is 2.42. The summed E-state index contributed by atoms with van der Waals surface area (Å²) in [5, 5.41) is 3.35. The van der Waals surface area contributed by atoms with Gasteiger partial charge >= 0.3 is 0 Å². The maximum absolute atomic E-state index is 5.38. The molecule has 0 aromatic carbocycles. The summed E-state index contributed by atoms with van der Waals surface area (Å²) in [7, 11) is 1.82. The Morgan fingerprint density at radius 1 is 1.56 bits per heavy atom. The molecule has 0 spiro atoms. The van der Waals surface area contributed by atoms with Gasteiger partial charge in [0.15, 0.2) is 0 Å². The summed E-state index contributed by atoms with van der Waals surface area (Å²) in [4.78, 5) is 0. The van der Waals surface area contributed by atoms with E-state index in [1.807, 2.05) is 7.11 Å². The summed E-state index contributed by atoms with van der Waals surface area (Å²) >= 11 is 0. The van der Waals surface area contributed by atoms with E-state index in [0.717, 1.165) is 12.5 Å². The molecule has 2 heteroatoms. The summed E-state index contributed by atoms with van der Waals surface area (Å²) < 4.78 is 5.38. The number of nitrogens with one attached hydrogen (secondary N) is 1. The molecular formula is C7H13NO. The Balaban J connectivity index is 2.02. The second kappa shape index (κ2) is 1.70. The van der Waals surface area contributed by atoms with Gasteiger partial charge in [-0.05, 0) is 25.3 Å². The summed E-state index contributed by atoms with van der Waals surface area (Å²) in [5.41, 5.74) is 0.253. The zero-order valence-electron chi connectivity index (χ0n) is 5.81. The van der Waals surface area contributed by atoms with Crippen LogP contribution >= 0.6 is 0 Å². The molecule has 1 saturated carbocycles.